The fourth-order valence-corrected chi connectivity index (χ4v) is 4.13. The molecule has 168 valence electrons. The number of nitrogens with zero attached hydrogens (tertiary/aromatic N) is 2. The molecule has 1 atom stereocenters. The molecule has 1 saturated heterocycles. The maximum absolute atomic E-state index is 12.8. The molecule has 1 amide bonds. The van der Waals surface area contributed by atoms with Crippen molar-refractivity contribution >= 4 is 21.8 Å². The first-order valence-corrected chi connectivity index (χ1v) is 11.7. The van der Waals surface area contributed by atoms with Crippen LogP contribution in [0.2, 0.25) is 0 Å². The molecule has 1 aromatic heterocycles. The highest BCUT2D eigenvalue weighted by Crippen LogP contribution is 2.25. The van der Waals surface area contributed by atoms with Crippen LogP contribution in [0.5, 0.6) is 0 Å². The van der Waals surface area contributed by atoms with Gasteiger partial charge in [0.2, 0.25) is 0 Å². The van der Waals surface area contributed by atoms with Crippen molar-refractivity contribution in [1.82, 2.24) is 15.4 Å². The minimum atomic E-state index is -0.242. The van der Waals surface area contributed by atoms with E-state index in [1.54, 1.807) is 6.07 Å². The molecule has 4 rings (SSSR count). The van der Waals surface area contributed by atoms with Crippen LogP contribution in [0, 0.1) is 0 Å². The molecule has 1 aliphatic rings. The van der Waals surface area contributed by atoms with Gasteiger partial charge in [-0.1, -0.05) is 71.3 Å². The van der Waals surface area contributed by atoms with Gasteiger partial charge in [-0.05, 0) is 29.2 Å². The third-order valence-electron chi connectivity index (χ3n) is 5.80. The number of carbonyl (C=O) groups is 1. The lowest BCUT2D eigenvalue weighted by molar-refractivity contribution is 0.0162. The van der Waals surface area contributed by atoms with Crippen LogP contribution >= 0.6 is 15.9 Å². The van der Waals surface area contributed by atoms with E-state index < -0.39 is 0 Å². The number of carbonyl (C=O) groups excluding carboxylic acids is 1. The SMILES string of the molecule is CC(C)c1ccc([C@H](CNC(=O)c2cc(-c3ccc(Br)cc3)on2)N2CCOCC2)cc1. The molecule has 0 aliphatic carbocycles. The maximum atomic E-state index is 12.8. The first-order chi connectivity index (χ1) is 15.5. The summed E-state index contributed by atoms with van der Waals surface area (Å²) in [7, 11) is 0. The Kier molecular flexibility index (Phi) is 7.40. The van der Waals surface area contributed by atoms with Crippen LogP contribution in [-0.2, 0) is 4.74 Å². The van der Waals surface area contributed by atoms with E-state index in [-0.39, 0.29) is 17.6 Å². The number of benzene rings is 2. The first-order valence-electron chi connectivity index (χ1n) is 10.9. The van der Waals surface area contributed by atoms with Crippen molar-refractivity contribution in [2.45, 2.75) is 25.8 Å². The Morgan fingerprint density at radius 1 is 1.06 bits per heavy atom. The van der Waals surface area contributed by atoms with E-state index in [0.29, 0.717) is 31.4 Å². The van der Waals surface area contributed by atoms with Gasteiger partial charge >= 0.3 is 0 Å². The summed E-state index contributed by atoms with van der Waals surface area (Å²) in [5.74, 6) is 0.809. The van der Waals surface area contributed by atoms with Crippen LogP contribution in [0.25, 0.3) is 11.3 Å². The lowest BCUT2D eigenvalue weighted by Gasteiger charge is -2.35. The average molecular weight is 498 g/mol. The number of amides is 1. The Hall–Kier alpha value is -2.48. The summed E-state index contributed by atoms with van der Waals surface area (Å²) in [6.45, 7) is 7.95. The number of morpholine rings is 1. The van der Waals surface area contributed by atoms with Gasteiger partial charge in [0.25, 0.3) is 5.91 Å². The molecule has 6 nitrogen and oxygen atoms in total. The molecule has 0 unspecified atom stereocenters. The third kappa shape index (κ3) is 5.46. The predicted molar refractivity (Wildman–Crippen MR) is 128 cm³/mol. The normalized spacial score (nSPS) is 15.6. The van der Waals surface area contributed by atoms with Crippen molar-refractivity contribution in [2.24, 2.45) is 0 Å². The van der Waals surface area contributed by atoms with Crippen LogP contribution in [0.3, 0.4) is 0 Å². The molecular formula is C25H28BrN3O3. The van der Waals surface area contributed by atoms with Crippen molar-refractivity contribution in [3.63, 3.8) is 0 Å². The number of ether oxygens (including phenoxy) is 1. The molecule has 0 radical (unpaired) electrons. The molecule has 1 aliphatic heterocycles. The maximum Gasteiger partial charge on any atom is 0.273 e. The smallest absolute Gasteiger partial charge is 0.273 e. The largest absolute Gasteiger partial charge is 0.379 e. The Labute approximate surface area is 197 Å². The second-order valence-electron chi connectivity index (χ2n) is 8.28. The lowest BCUT2D eigenvalue weighted by atomic mass is 9.98. The summed E-state index contributed by atoms with van der Waals surface area (Å²) >= 11 is 3.42. The Morgan fingerprint density at radius 2 is 1.72 bits per heavy atom. The molecule has 32 heavy (non-hydrogen) atoms. The van der Waals surface area contributed by atoms with E-state index in [4.69, 9.17) is 9.26 Å². The summed E-state index contributed by atoms with van der Waals surface area (Å²) in [5.41, 5.74) is 3.64. The zero-order valence-electron chi connectivity index (χ0n) is 18.4. The van der Waals surface area contributed by atoms with Crippen LogP contribution in [0.15, 0.2) is 63.6 Å². The van der Waals surface area contributed by atoms with E-state index in [9.17, 15) is 4.79 Å². The molecule has 3 aromatic rings. The van der Waals surface area contributed by atoms with Gasteiger partial charge in [-0.25, -0.2) is 0 Å². The van der Waals surface area contributed by atoms with Crippen molar-refractivity contribution in [3.05, 3.63) is 75.9 Å². The highest BCUT2D eigenvalue weighted by molar-refractivity contribution is 9.10. The second-order valence-corrected chi connectivity index (χ2v) is 9.19. The minimum absolute atomic E-state index is 0.0712. The summed E-state index contributed by atoms with van der Waals surface area (Å²) in [6, 6.07) is 18.1. The quantitative estimate of drug-likeness (QED) is 0.495. The highest BCUT2D eigenvalue weighted by Gasteiger charge is 2.24. The molecule has 0 bridgehead atoms. The number of rotatable bonds is 7. The average Bonchev–Trinajstić information content (AvgIpc) is 3.31. The van der Waals surface area contributed by atoms with Gasteiger partial charge in [-0.15, -0.1) is 0 Å². The molecule has 7 heteroatoms. The first kappa shape index (κ1) is 22.7. The zero-order valence-corrected chi connectivity index (χ0v) is 20.0. The van der Waals surface area contributed by atoms with Gasteiger partial charge in [0.1, 0.15) is 0 Å². The van der Waals surface area contributed by atoms with Crippen molar-refractivity contribution < 1.29 is 14.1 Å². The van der Waals surface area contributed by atoms with E-state index in [1.165, 1.54) is 11.1 Å². The number of hydrogen-bond donors (Lipinski definition) is 1. The monoisotopic (exact) mass is 497 g/mol. The van der Waals surface area contributed by atoms with Crippen LogP contribution in [0.4, 0.5) is 0 Å². The Balaban J connectivity index is 1.46. The van der Waals surface area contributed by atoms with E-state index >= 15 is 0 Å². The van der Waals surface area contributed by atoms with E-state index in [0.717, 1.165) is 23.1 Å². The fourth-order valence-electron chi connectivity index (χ4n) is 3.86. The minimum Gasteiger partial charge on any atom is -0.379 e. The lowest BCUT2D eigenvalue weighted by Crippen LogP contribution is -2.43. The molecular weight excluding hydrogens is 470 g/mol. The summed E-state index contributed by atoms with van der Waals surface area (Å²) in [4.78, 5) is 15.2. The number of nitrogens with one attached hydrogen (secondary N) is 1. The Bertz CT molecular complexity index is 1030. The van der Waals surface area contributed by atoms with Gasteiger partial charge in [0.05, 0.1) is 19.3 Å². The number of aromatic nitrogens is 1. The zero-order chi connectivity index (χ0) is 22.5. The van der Waals surface area contributed by atoms with Crippen LogP contribution in [0.1, 0.15) is 47.4 Å². The topological polar surface area (TPSA) is 67.6 Å². The number of halogens is 1. The highest BCUT2D eigenvalue weighted by atomic mass is 79.9. The van der Waals surface area contributed by atoms with Gasteiger partial charge in [-0.2, -0.15) is 0 Å². The molecule has 1 N–H and O–H groups in total. The summed E-state index contributed by atoms with van der Waals surface area (Å²) < 4.78 is 11.9. The second kappa shape index (κ2) is 10.4. The number of hydrogen-bond acceptors (Lipinski definition) is 5. The molecule has 1 fully saturated rings. The van der Waals surface area contributed by atoms with Crippen molar-refractivity contribution in [2.75, 3.05) is 32.8 Å². The fraction of sp³-hybridized carbons (Fsp3) is 0.360. The summed E-state index contributed by atoms with van der Waals surface area (Å²) in [6.07, 6.45) is 0. The molecule has 2 aromatic carbocycles. The third-order valence-corrected chi connectivity index (χ3v) is 6.33. The van der Waals surface area contributed by atoms with Crippen molar-refractivity contribution in [3.8, 4) is 11.3 Å². The van der Waals surface area contributed by atoms with Gasteiger partial charge in [0, 0.05) is 35.7 Å². The van der Waals surface area contributed by atoms with Gasteiger partial charge in [-0.3, -0.25) is 9.69 Å². The van der Waals surface area contributed by atoms with Crippen LogP contribution in [-0.4, -0.2) is 48.8 Å². The van der Waals surface area contributed by atoms with Gasteiger partial charge < -0.3 is 14.6 Å². The predicted octanol–water partition coefficient (Wildman–Crippen LogP) is 5.03. The summed E-state index contributed by atoms with van der Waals surface area (Å²) in [5, 5.41) is 7.03. The van der Waals surface area contributed by atoms with Gasteiger partial charge in [0.15, 0.2) is 11.5 Å². The molecule has 0 spiro atoms. The van der Waals surface area contributed by atoms with E-state index in [1.807, 2.05) is 24.3 Å². The Morgan fingerprint density at radius 3 is 2.38 bits per heavy atom. The van der Waals surface area contributed by atoms with Crippen LogP contribution < -0.4 is 5.32 Å². The van der Waals surface area contributed by atoms with Crippen molar-refractivity contribution in [1.29, 1.82) is 0 Å². The van der Waals surface area contributed by atoms with E-state index in [2.05, 4.69) is 69.4 Å². The molecule has 2 heterocycles. The standard InChI is InChI=1S/C25H28BrN3O3/c1-17(2)18-3-5-19(6-4-18)23(29-11-13-31-14-12-29)16-27-25(30)22-15-24(32-28-22)20-7-9-21(26)10-8-20/h3-10,15,17,23H,11-14,16H2,1-2H3,(H,27,30)/t23-/m0/s1. The molecule has 0 saturated carbocycles.